The Labute approximate surface area is 218 Å². The van der Waals surface area contributed by atoms with Crippen LogP contribution in [-0.2, 0) is 11.8 Å². The molecule has 4 aromatic rings. The van der Waals surface area contributed by atoms with E-state index >= 15 is 4.39 Å². The summed E-state index contributed by atoms with van der Waals surface area (Å²) in [5.74, 6) is -0.739. The Hall–Kier alpha value is -4.05. The highest BCUT2D eigenvalue weighted by atomic mass is 19.1. The largest absolute Gasteiger partial charge is 0.507 e. The van der Waals surface area contributed by atoms with Gasteiger partial charge in [-0.1, -0.05) is 0 Å². The average molecular weight is 520 g/mol. The maximum atomic E-state index is 15.4. The molecule has 10 heteroatoms. The zero-order chi connectivity index (χ0) is 27.4. The number of aromatic nitrogens is 4. The summed E-state index contributed by atoms with van der Waals surface area (Å²) in [6.45, 7) is 8.87. The summed E-state index contributed by atoms with van der Waals surface area (Å²) in [6.07, 6.45) is 6.76. The topological polar surface area (TPSA) is 111 Å². The van der Waals surface area contributed by atoms with Gasteiger partial charge in [0.2, 0.25) is 11.5 Å². The van der Waals surface area contributed by atoms with E-state index in [4.69, 9.17) is 9.72 Å². The number of ether oxygens (including phenoxy) is 1. The van der Waals surface area contributed by atoms with Crippen LogP contribution in [0.5, 0.6) is 11.5 Å². The van der Waals surface area contributed by atoms with Crippen molar-refractivity contribution in [3.63, 3.8) is 0 Å². The molecule has 1 aromatic carbocycles. The molecule has 0 aliphatic carbocycles. The standard InChI is InChI=1S/C28H30FN5O4/c1-27(2)12-17(13-28(3,4)32-27)20-7-9-34-14-21(31-26(34)30-20)23-19(29)10-16(11-22(23)36)18-6-8-33(5)25(37)24(18)38-15-35/h6-11,14-15,17,32,36H,12-13H2,1-5H3. The van der Waals surface area contributed by atoms with Gasteiger partial charge < -0.3 is 19.7 Å². The fourth-order valence-electron chi connectivity index (χ4n) is 5.76. The first-order valence-electron chi connectivity index (χ1n) is 12.4. The highest BCUT2D eigenvalue weighted by molar-refractivity contribution is 5.78. The van der Waals surface area contributed by atoms with E-state index in [-0.39, 0.29) is 57.4 Å². The highest BCUT2D eigenvalue weighted by Gasteiger charge is 2.38. The minimum absolute atomic E-state index is 0.0446. The van der Waals surface area contributed by atoms with Crippen LogP contribution in [0.3, 0.4) is 0 Å². The first-order valence-corrected chi connectivity index (χ1v) is 12.4. The molecule has 198 valence electrons. The Balaban J connectivity index is 1.53. The molecule has 1 aliphatic rings. The summed E-state index contributed by atoms with van der Waals surface area (Å²) in [6, 6.07) is 5.95. The number of carbonyl (C=O) groups is 1. The molecule has 2 N–H and O–H groups in total. The van der Waals surface area contributed by atoms with E-state index in [1.807, 2.05) is 12.3 Å². The van der Waals surface area contributed by atoms with Gasteiger partial charge in [-0.2, -0.15) is 0 Å². The number of halogens is 1. The predicted molar refractivity (Wildman–Crippen MR) is 141 cm³/mol. The molecule has 5 rings (SSSR count). The van der Waals surface area contributed by atoms with Crippen molar-refractivity contribution in [2.45, 2.75) is 57.5 Å². The molecule has 0 radical (unpaired) electrons. The molecule has 1 aliphatic heterocycles. The average Bonchev–Trinajstić information content (AvgIpc) is 3.22. The van der Waals surface area contributed by atoms with E-state index in [0.717, 1.165) is 18.5 Å². The molecule has 0 bridgehead atoms. The summed E-state index contributed by atoms with van der Waals surface area (Å²) in [5.41, 5.74) is 0.747. The second-order valence-corrected chi connectivity index (χ2v) is 11.2. The second-order valence-electron chi connectivity index (χ2n) is 11.2. The van der Waals surface area contributed by atoms with Crippen LogP contribution in [0.1, 0.15) is 52.1 Å². The third kappa shape index (κ3) is 4.67. The van der Waals surface area contributed by atoms with Crippen molar-refractivity contribution in [1.82, 2.24) is 24.3 Å². The quantitative estimate of drug-likeness (QED) is 0.381. The number of phenolic OH excluding ortho intramolecular Hbond substituents is 1. The zero-order valence-electron chi connectivity index (χ0n) is 21.9. The second kappa shape index (κ2) is 9.05. The first kappa shape index (κ1) is 25.6. The lowest BCUT2D eigenvalue weighted by molar-refractivity contribution is -0.120. The van der Waals surface area contributed by atoms with Gasteiger partial charge in [-0.25, -0.2) is 14.4 Å². The monoisotopic (exact) mass is 519 g/mol. The SMILES string of the molecule is Cn1ccc(-c2cc(O)c(-c3cn4ccc(C5CC(C)(C)NC(C)(C)C5)nc4n3)c(F)c2)c(OC=O)c1=O. The third-order valence-electron chi connectivity index (χ3n) is 6.98. The van der Waals surface area contributed by atoms with Gasteiger partial charge in [-0.05, 0) is 70.4 Å². The van der Waals surface area contributed by atoms with Crippen molar-refractivity contribution in [3.05, 3.63) is 64.7 Å². The van der Waals surface area contributed by atoms with E-state index < -0.39 is 11.4 Å². The van der Waals surface area contributed by atoms with Gasteiger partial charge in [-0.3, -0.25) is 14.0 Å². The van der Waals surface area contributed by atoms with E-state index in [1.54, 1.807) is 10.6 Å². The van der Waals surface area contributed by atoms with Crippen LogP contribution in [0, 0.1) is 5.82 Å². The van der Waals surface area contributed by atoms with Crippen molar-refractivity contribution < 1.29 is 19.0 Å². The number of pyridine rings is 1. The van der Waals surface area contributed by atoms with Crippen LogP contribution in [0.2, 0.25) is 0 Å². The summed E-state index contributed by atoms with van der Waals surface area (Å²) in [7, 11) is 1.50. The molecule has 0 atom stereocenters. The highest BCUT2D eigenvalue weighted by Crippen LogP contribution is 2.40. The van der Waals surface area contributed by atoms with Crippen molar-refractivity contribution in [2.24, 2.45) is 7.05 Å². The maximum Gasteiger partial charge on any atom is 0.298 e. The Morgan fingerprint density at radius 3 is 2.50 bits per heavy atom. The number of nitrogens with one attached hydrogen (secondary N) is 1. The molecule has 38 heavy (non-hydrogen) atoms. The Morgan fingerprint density at radius 2 is 1.84 bits per heavy atom. The van der Waals surface area contributed by atoms with Crippen molar-refractivity contribution in [3.8, 4) is 33.9 Å². The zero-order valence-corrected chi connectivity index (χ0v) is 21.9. The maximum absolute atomic E-state index is 15.4. The molecule has 0 amide bonds. The third-order valence-corrected chi connectivity index (χ3v) is 6.98. The van der Waals surface area contributed by atoms with Gasteiger partial charge in [0.05, 0.1) is 11.3 Å². The van der Waals surface area contributed by atoms with Crippen molar-refractivity contribution in [1.29, 1.82) is 0 Å². The Morgan fingerprint density at radius 1 is 1.13 bits per heavy atom. The number of hydrogen-bond donors (Lipinski definition) is 2. The van der Waals surface area contributed by atoms with Crippen LogP contribution >= 0.6 is 0 Å². The molecule has 1 fully saturated rings. The lowest BCUT2D eigenvalue weighted by Gasteiger charge is -2.46. The minimum atomic E-state index is -0.747. The molecule has 4 heterocycles. The lowest BCUT2D eigenvalue weighted by Crippen LogP contribution is -2.57. The molecule has 0 unspecified atom stereocenters. The van der Waals surface area contributed by atoms with Gasteiger partial charge in [0, 0.05) is 53.9 Å². The normalized spacial score (nSPS) is 17.0. The van der Waals surface area contributed by atoms with Gasteiger partial charge in [0.1, 0.15) is 11.6 Å². The fourth-order valence-corrected chi connectivity index (χ4v) is 5.76. The van der Waals surface area contributed by atoms with E-state index in [2.05, 4.69) is 38.0 Å². The number of fused-ring (bicyclic) bond motifs is 1. The smallest absolute Gasteiger partial charge is 0.298 e. The van der Waals surface area contributed by atoms with Crippen LogP contribution in [0.4, 0.5) is 4.39 Å². The van der Waals surface area contributed by atoms with E-state index in [9.17, 15) is 14.7 Å². The lowest BCUT2D eigenvalue weighted by atomic mass is 9.74. The molecular weight excluding hydrogens is 489 g/mol. The molecule has 9 nitrogen and oxygen atoms in total. The Bertz CT molecular complexity index is 1580. The number of carbonyl (C=O) groups excluding carboxylic acids is 1. The molecule has 1 saturated heterocycles. The number of phenols is 1. The number of piperidine rings is 1. The summed E-state index contributed by atoms with van der Waals surface area (Å²) >= 11 is 0. The molecule has 3 aromatic heterocycles. The van der Waals surface area contributed by atoms with Crippen molar-refractivity contribution >= 4 is 12.2 Å². The van der Waals surface area contributed by atoms with Crippen LogP contribution in [0.15, 0.2) is 47.7 Å². The van der Waals surface area contributed by atoms with E-state index in [0.29, 0.717) is 5.78 Å². The van der Waals surface area contributed by atoms with Crippen LogP contribution < -0.4 is 15.6 Å². The molecule has 0 saturated carbocycles. The summed E-state index contributed by atoms with van der Waals surface area (Å²) < 4.78 is 23.2. The number of hydrogen-bond acceptors (Lipinski definition) is 7. The van der Waals surface area contributed by atoms with Crippen molar-refractivity contribution in [2.75, 3.05) is 0 Å². The Kier molecular flexibility index (Phi) is 6.10. The molecular formula is C28H30FN5O4. The van der Waals surface area contributed by atoms with Crippen LogP contribution in [0.25, 0.3) is 28.2 Å². The number of aryl methyl sites for hydroxylation is 1. The van der Waals surface area contributed by atoms with Gasteiger partial charge in [0.15, 0.2) is 0 Å². The number of imidazole rings is 1. The number of rotatable bonds is 5. The predicted octanol–water partition coefficient (Wildman–Crippen LogP) is 4.17. The fraction of sp³-hybridized carbons (Fsp3) is 0.357. The summed E-state index contributed by atoms with van der Waals surface area (Å²) in [5, 5.41) is 14.5. The van der Waals surface area contributed by atoms with Gasteiger partial charge in [-0.15, -0.1) is 0 Å². The number of aromatic hydroxyl groups is 1. The molecule has 0 spiro atoms. The number of nitrogens with zero attached hydrogens (tertiary/aromatic N) is 4. The summed E-state index contributed by atoms with van der Waals surface area (Å²) in [4.78, 5) is 32.7. The number of benzene rings is 1. The van der Waals surface area contributed by atoms with E-state index in [1.165, 1.54) is 36.0 Å². The first-order chi connectivity index (χ1) is 17.9. The van der Waals surface area contributed by atoms with Gasteiger partial charge >= 0.3 is 0 Å². The minimum Gasteiger partial charge on any atom is -0.507 e. The van der Waals surface area contributed by atoms with Crippen LogP contribution in [-0.4, -0.2) is 41.6 Å². The van der Waals surface area contributed by atoms with Gasteiger partial charge in [0.25, 0.3) is 12.0 Å².